The SMILES string of the molecule is N#CC1(C(N)=O)CC1[C@]1(C(=O)O)C[C@H](S(=O)(=O)c2ccc(-n3cccn3)cc2Cl)C[C@H]1C(=O)N1CC(F)(F)C1. The number of alkyl halides is 2. The van der Waals surface area contributed by atoms with Crippen molar-refractivity contribution in [2.24, 2.45) is 28.4 Å². The number of aromatic nitrogens is 2. The molecule has 2 heterocycles. The largest absolute Gasteiger partial charge is 0.481 e. The molecule has 206 valence electrons. The first kappa shape index (κ1) is 27.0. The van der Waals surface area contributed by atoms with Crippen molar-refractivity contribution in [3.63, 3.8) is 0 Å². The molecular weight excluding hydrogens is 560 g/mol. The van der Waals surface area contributed by atoms with Gasteiger partial charge in [-0.3, -0.25) is 14.4 Å². The van der Waals surface area contributed by atoms with Crippen molar-refractivity contribution < 1.29 is 36.7 Å². The molecule has 11 nitrogen and oxygen atoms in total. The number of sulfone groups is 1. The third-order valence-electron chi connectivity index (χ3n) is 8.19. The molecule has 1 aromatic heterocycles. The number of rotatable bonds is 7. The topological polar surface area (TPSA) is 176 Å². The average molecular weight is 582 g/mol. The fraction of sp³-hybridized carbons (Fsp3) is 0.458. The Kier molecular flexibility index (Phi) is 6.04. The highest BCUT2D eigenvalue weighted by Gasteiger charge is 2.76. The third-order valence-corrected chi connectivity index (χ3v) is 10.8. The molecule has 2 unspecified atom stereocenters. The predicted octanol–water partition coefficient (Wildman–Crippen LogP) is 1.64. The van der Waals surface area contributed by atoms with E-state index < -0.39 is 87.4 Å². The number of halogens is 3. The Morgan fingerprint density at radius 2 is 1.92 bits per heavy atom. The fourth-order valence-electron chi connectivity index (χ4n) is 6.09. The normalized spacial score (nSPS) is 31.2. The van der Waals surface area contributed by atoms with Gasteiger partial charge in [0.05, 0.1) is 51.3 Å². The van der Waals surface area contributed by atoms with Gasteiger partial charge in [-0.2, -0.15) is 10.4 Å². The minimum absolute atomic E-state index is 0.170. The number of carbonyl (C=O) groups is 3. The smallest absolute Gasteiger partial charge is 0.310 e. The van der Waals surface area contributed by atoms with Gasteiger partial charge in [-0.15, -0.1) is 0 Å². The molecule has 2 aliphatic carbocycles. The van der Waals surface area contributed by atoms with Crippen LogP contribution in [-0.2, 0) is 24.2 Å². The summed E-state index contributed by atoms with van der Waals surface area (Å²) in [4.78, 5) is 38.8. The number of nitrogens with two attached hydrogens (primary N) is 1. The molecule has 3 aliphatic rings. The number of nitriles is 1. The molecule has 39 heavy (non-hydrogen) atoms. The van der Waals surface area contributed by atoms with Gasteiger partial charge in [0.2, 0.25) is 11.8 Å². The Morgan fingerprint density at radius 1 is 1.23 bits per heavy atom. The van der Waals surface area contributed by atoms with Gasteiger partial charge in [-0.1, -0.05) is 11.6 Å². The summed E-state index contributed by atoms with van der Waals surface area (Å²) < 4.78 is 56.2. The number of primary amides is 1. The third kappa shape index (κ3) is 3.98. The van der Waals surface area contributed by atoms with Crippen molar-refractivity contribution in [1.29, 1.82) is 5.26 Å². The maximum Gasteiger partial charge on any atom is 0.310 e. The lowest BCUT2D eigenvalue weighted by molar-refractivity contribution is -0.177. The van der Waals surface area contributed by atoms with Crippen LogP contribution >= 0.6 is 11.6 Å². The van der Waals surface area contributed by atoms with E-state index in [-0.39, 0.29) is 16.3 Å². The number of hydrogen-bond acceptors (Lipinski definition) is 7. The number of carboxylic acid groups (broad SMARTS) is 1. The summed E-state index contributed by atoms with van der Waals surface area (Å²) >= 11 is 6.34. The monoisotopic (exact) mass is 581 g/mol. The minimum atomic E-state index is -4.38. The molecular formula is C24H22ClF2N5O6S. The van der Waals surface area contributed by atoms with Crippen molar-refractivity contribution in [3.05, 3.63) is 41.7 Å². The van der Waals surface area contributed by atoms with Crippen LogP contribution in [0.3, 0.4) is 0 Å². The van der Waals surface area contributed by atoms with Crippen molar-refractivity contribution in [2.45, 2.75) is 35.3 Å². The molecule has 0 bridgehead atoms. The quantitative estimate of drug-likeness (QED) is 0.495. The molecule has 1 aromatic carbocycles. The highest BCUT2D eigenvalue weighted by molar-refractivity contribution is 7.92. The number of nitrogens with zero attached hydrogens (tertiary/aromatic N) is 4. The predicted molar refractivity (Wildman–Crippen MR) is 129 cm³/mol. The van der Waals surface area contributed by atoms with E-state index >= 15 is 0 Å². The van der Waals surface area contributed by atoms with E-state index in [1.165, 1.54) is 29.1 Å². The number of amides is 2. The molecule has 3 N–H and O–H groups in total. The molecule has 2 saturated carbocycles. The molecule has 1 aliphatic heterocycles. The van der Waals surface area contributed by atoms with Crippen molar-refractivity contribution >= 4 is 39.2 Å². The van der Waals surface area contributed by atoms with E-state index in [2.05, 4.69) is 5.10 Å². The van der Waals surface area contributed by atoms with Gasteiger partial charge in [0.15, 0.2) is 9.84 Å². The van der Waals surface area contributed by atoms with E-state index in [0.29, 0.717) is 5.69 Å². The van der Waals surface area contributed by atoms with Crippen molar-refractivity contribution in [3.8, 4) is 11.8 Å². The van der Waals surface area contributed by atoms with Gasteiger partial charge in [0.1, 0.15) is 5.41 Å². The van der Waals surface area contributed by atoms with Crippen LogP contribution < -0.4 is 5.73 Å². The van der Waals surface area contributed by atoms with Gasteiger partial charge in [-0.25, -0.2) is 21.9 Å². The number of carboxylic acids is 1. The van der Waals surface area contributed by atoms with Gasteiger partial charge >= 0.3 is 5.97 Å². The van der Waals surface area contributed by atoms with E-state index in [4.69, 9.17) is 17.3 Å². The lowest BCUT2D eigenvalue weighted by Gasteiger charge is -2.42. The minimum Gasteiger partial charge on any atom is -0.481 e. The Morgan fingerprint density at radius 3 is 2.41 bits per heavy atom. The molecule has 5 rings (SSSR count). The summed E-state index contributed by atoms with van der Waals surface area (Å²) in [6.07, 6.45) is 1.67. The summed E-state index contributed by atoms with van der Waals surface area (Å²) in [5, 5.41) is 22.5. The van der Waals surface area contributed by atoms with E-state index in [1.54, 1.807) is 18.3 Å². The standard InChI is InChI=1S/C24H22ClF2N5O6S/c25-16-6-13(32-5-1-4-30-32)2-3-17(16)39(37,38)14-7-15(19(33)31-11-23(26,27)12-31)24(8-14,21(35)36)18-9-22(18,10-28)20(29)34/h1-6,14-15,18H,7-9,11-12H2,(H2,29,34)(H,35,36)/t14-,15+,18?,22?,24+/m1/s1. The average Bonchev–Trinajstić information content (AvgIpc) is 3.18. The number of hydrogen-bond donors (Lipinski definition) is 2. The van der Waals surface area contributed by atoms with Crippen molar-refractivity contribution in [2.75, 3.05) is 13.1 Å². The first-order chi connectivity index (χ1) is 18.2. The second-order valence-electron chi connectivity index (χ2n) is 10.3. The van der Waals surface area contributed by atoms with Crippen LogP contribution in [-0.4, -0.2) is 70.3 Å². The summed E-state index contributed by atoms with van der Waals surface area (Å²) in [5.74, 6) is -9.69. The van der Waals surface area contributed by atoms with Crippen LogP contribution in [0.25, 0.3) is 5.69 Å². The molecule has 0 spiro atoms. The summed E-state index contributed by atoms with van der Waals surface area (Å²) in [7, 11) is -4.38. The summed E-state index contributed by atoms with van der Waals surface area (Å²) in [6, 6.07) is 7.44. The zero-order valence-corrected chi connectivity index (χ0v) is 21.7. The van der Waals surface area contributed by atoms with Crippen LogP contribution in [0.4, 0.5) is 8.78 Å². The highest BCUT2D eigenvalue weighted by Crippen LogP contribution is 2.68. The number of aliphatic carboxylic acids is 1. The first-order valence-corrected chi connectivity index (χ1v) is 13.8. The summed E-state index contributed by atoms with van der Waals surface area (Å²) in [6.45, 7) is -1.89. The Labute approximate surface area is 226 Å². The molecule has 1 saturated heterocycles. The van der Waals surface area contributed by atoms with Crippen LogP contribution in [0.15, 0.2) is 41.6 Å². The maximum absolute atomic E-state index is 13.8. The first-order valence-electron chi connectivity index (χ1n) is 11.8. The maximum atomic E-state index is 13.8. The lowest BCUT2D eigenvalue weighted by Crippen LogP contribution is -2.61. The second kappa shape index (κ2) is 8.72. The Hall–Kier alpha value is -3.57. The zero-order valence-electron chi connectivity index (χ0n) is 20.1. The van der Waals surface area contributed by atoms with E-state index in [1.807, 2.05) is 0 Å². The molecule has 15 heteroatoms. The lowest BCUT2D eigenvalue weighted by atomic mass is 9.70. The van der Waals surface area contributed by atoms with Gasteiger partial charge < -0.3 is 15.7 Å². The Balaban J connectivity index is 1.55. The van der Waals surface area contributed by atoms with E-state index in [0.717, 1.165) is 4.90 Å². The number of carbonyl (C=O) groups excluding carboxylic acids is 2. The van der Waals surface area contributed by atoms with Gasteiger partial charge in [0.25, 0.3) is 5.92 Å². The number of likely N-dealkylation sites (tertiary alicyclic amines) is 1. The molecule has 2 amide bonds. The van der Waals surface area contributed by atoms with E-state index in [9.17, 15) is 42.0 Å². The van der Waals surface area contributed by atoms with Crippen LogP contribution in [0.5, 0.6) is 0 Å². The Bertz CT molecular complexity index is 1540. The zero-order chi connectivity index (χ0) is 28.5. The summed E-state index contributed by atoms with van der Waals surface area (Å²) in [5.41, 5.74) is 1.75. The van der Waals surface area contributed by atoms with Gasteiger partial charge in [0, 0.05) is 18.3 Å². The molecule has 5 atom stereocenters. The van der Waals surface area contributed by atoms with Gasteiger partial charge in [-0.05, 0) is 43.5 Å². The molecule has 0 radical (unpaired) electrons. The molecule has 3 fully saturated rings. The van der Waals surface area contributed by atoms with Crippen LogP contribution in [0, 0.1) is 34.0 Å². The number of benzene rings is 1. The second-order valence-corrected chi connectivity index (χ2v) is 12.9. The fourth-order valence-corrected chi connectivity index (χ4v) is 8.48. The van der Waals surface area contributed by atoms with Crippen LogP contribution in [0.2, 0.25) is 5.02 Å². The highest BCUT2D eigenvalue weighted by atomic mass is 35.5. The molecule has 2 aromatic rings. The van der Waals surface area contributed by atoms with Crippen LogP contribution in [0.1, 0.15) is 19.3 Å². The van der Waals surface area contributed by atoms with Crippen molar-refractivity contribution in [1.82, 2.24) is 14.7 Å².